The number of aromatic amines is 1. The van der Waals surface area contributed by atoms with Crippen LogP contribution < -0.4 is 15.8 Å². The molecule has 0 unspecified atom stereocenters. The van der Waals surface area contributed by atoms with E-state index in [2.05, 4.69) is 39.5 Å². The quantitative estimate of drug-likeness (QED) is 0.410. The van der Waals surface area contributed by atoms with E-state index in [4.69, 9.17) is 4.98 Å². The van der Waals surface area contributed by atoms with Gasteiger partial charge in [0.1, 0.15) is 10.7 Å². The predicted molar refractivity (Wildman–Crippen MR) is 128 cm³/mol. The highest BCUT2D eigenvalue weighted by molar-refractivity contribution is 7.18. The first-order valence-corrected chi connectivity index (χ1v) is 12.1. The van der Waals surface area contributed by atoms with Gasteiger partial charge in [0.2, 0.25) is 0 Å². The lowest BCUT2D eigenvalue weighted by molar-refractivity contribution is 0.578. The van der Waals surface area contributed by atoms with E-state index in [1.165, 1.54) is 36.3 Å². The molecule has 1 aliphatic rings. The maximum atomic E-state index is 12.8. The summed E-state index contributed by atoms with van der Waals surface area (Å²) in [6, 6.07) is 12.5. The Hall–Kier alpha value is -2.64. The van der Waals surface area contributed by atoms with Crippen LogP contribution in [0.25, 0.3) is 20.7 Å². The monoisotopic (exact) mass is 436 g/mol. The summed E-state index contributed by atoms with van der Waals surface area (Å²) in [5.74, 6) is 0.659. The summed E-state index contributed by atoms with van der Waals surface area (Å²) in [6.45, 7) is 4.31. The van der Waals surface area contributed by atoms with Gasteiger partial charge in [-0.25, -0.2) is 4.98 Å². The first kappa shape index (κ1) is 19.3. The van der Waals surface area contributed by atoms with Crippen LogP contribution in [0, 0.1) is 0 Å². The zero-order valence-electron chi connectivity index (χ0n) is 16.9. The van der Waals surface area contributed by atoms with Gasteiger partial charge in [-0.15, -0.1) is 22.7 Å². The van der Waals surface area contributed by atoms with Gasteiger partial charge in [-0.05, 0) is 61.9 Å². The number of thiophene rings is 2. The summed E-state index contributed by atoms with van der Waals surface area (Å²) in [5, 5.41) is 8.21. The van der Waals surface area contributed by atoms with Gasteiger partial charge in [0, 0.05) is 40.3 Å². The van der Waals surface area contributed by atoms with E-state index in [0.717, 1.165) is 34.0 Å². The molecule has 1 fully saturated rings. The van der Waals surface area contributed by atoms with E-state index in [1.807, 2.05) is 29.8 Å². The lowest BCUT2D eigenvalue weighted by Gasteiger charge is -2.29. The highest BCUT2D eigenvalue weighted by Gasteiger charge is 2.17. The highest BCUT2D eigenvalue weighted by atomic mass is 32.1. The van der Waals surface area contributed by atoms with Gasteiger partial charge >= 0.3 is 0 Å². The number of nitrogens with zero attached hydrogens (tertiary/aromatic N) is 2. The van der Waals surface area contributed by atoms with Crippen LogP contribution in [0.5, 0.6) is 0 Å². The molecule has 0 amide bonds. The smallest absolute Gasteiger partial charge is 0.260 e. The zero-order valence-corrected chi connectivity index (χ0v) is 18.5. The van der Waals surface area contributed by atoms with Crippen molar-refractivity contribution in [1.29, 1.82) is 0 Å². The van der Waals surface area contributed by atoms with Gasteiger partial charge in [-0.2, -0.15) is 0 Å². The van der Waals surface area contributed by atoms with Crippen LogP contribution in [-0.4, -0.2) is 23.1 Å². The molecule has 0 spiro atoms. The Labute approximate surface area is 183 Å². The number of piperidine rings is 1. The Kier molecular flexibility index (Phi) is 5.31. The Morgan fingerprint density at radius 2 is 1.90 bits per heavy atom. The summed E-state index contributed by atoms with van der Waals surface area (Å²) in [4.78, 5) is 24.9. The average Bonchev–Trinajstić information content (AvgIpc) is 3.45. The average molecular weight is 437 g/mol. The third kappa shape index (κ3) is 3.75. The highest BCUT2D eigenvalue weighted by Crippen LogP contribution is 2.34. The van der Waals surface area contributed by atoms with Crippen molar-refractivity contribution < 1.29 is 0 Å². The second-order valence-corrected chi connectivity index (χ2v) is 9.52. The largest absolute Gasteiger partial charge is 0.375 e. The number of hydrogen-bond donors (Lipinski definition) is 2. The molecule has 0 bridgehead atoms. The van der Waals surface area contributed by atoms with Crippen molar-refractivity contribution in [2.75, 3.05) is 23.3 Å². The number of H-pyrrole nitrogens is 1. The Balaban J connectivity index is 1.36. The summed E-state index contributed by atoms with van der Waals surface area (Å²) in [7, 11) is 0. The van der Waals surface area contributed by atoms with Crippen molar-refractivity contribution in [3.8, 4) is 10.4 Å². The van der Waals surface area contributed by atoms with Crippen molar-refractivity contribution in [1.82, 2.24) is 9.97 Å². The molecule has 4 heterocycles. The third-order valence-electron chi connectivity index (χ3n) is 5.63. The van der Waals surface area contributed by atoms with Crippen molar-refractivity contribution in [3.63, 3.8) is 0 Å². The van der Waals surface area contributed by atoms with Crippen molar-refractivity contribution in [3.05, 3.63) is 63.3 Å². The van der Waals surface area contributed by atoms with Crippen LogP contribution in [0.1, 0.15) is 38.1 Å². The first-order chi connectivity index (χ1) is 14.7. The molecule has 3 aromatic heterocycles. The molecule has 1 aliphatic heterocycles. The summed E-state index contributed by atoms with van der Waals surface area (Å²) in [5.41, 5.74) is 3.20. The number of fused-ring (bicyclic) bond motifs is 1. The van der Waals surface area contributed by atoms with Crippen molar-refractivity contribution in [2.24, 2.45) is 0 Å². The molecule has 0 radical (unpaired) electrons. The van der Waals surface area contributed by atoms with E-state index in [-0.39, 0.29) is 11.6 Å². The van der Waals surface area contributed by atoms with Crippen LogP contribution in [-0.2, 0) is 0 Å². The topological polar surface area (TPSA) is 61.0 Å². The van der Waals surface area contributed by atoms with Crippen molar-refractivity contribution >= 4 is 44.3 Å². The number of hydrogen-bond acceptors (Lipinski definition) is 6. The lowest BCUT2D eigenvalue weighted by atomic mass is 10.1. The minimum absolute atomic E-state index is 0.0752. The second-order valence-electron chi connectivity index (χ2n) is 7.72. The van der Waals surface area contributed by atoms with Gasteiger partial charge < -0.3 is 15.2 Å². The summed E-state index contributed by atoms with van der Waals surface area (Å²) < 4.78 is 0. The maximum Gasteiger partial charge on any atom is 0.260 e. The fourth-order valence-corrected chi connectivity index (χ4v) is 5.79. The molecule has 154 valence electrons. The molecule has 1 atom stereocenters. The fraction of sp³-hybridized carbons (Fsp3) is 0.304. The molecule has 0 saturated carbocycles. The first-order valence-electron chi connectivity index (χ1n) is 10.4. The van der Waals surface area contributed by atoms with Gasteiger partial charge in [0.05, 0.1) is 11.4 Å². The lowest BCUT2D eigenvalue weighted by Crippen LogP contribution is -2.29. The molecular weight excluding hydrogens is 412 g/mol. The van der Waals surface area contributed by atoms with E-state index < -0.39 is 0 Å². The van der Waals surface area contributed by atoms with E-state index in [9.17, 15) is 4.79 Å². The number of aromatic nitrogens is 2. The van der Waals surface area contributed by atoms with Gasteiger partial charge in [-0.3, -0.25) is 4.79 Å². The molecule has 7 heteroatoms. The van der Waals surface area contributed by atoms with Gasteiger partial charge in [-0.1, -0.05) is 6.07 Å². The Morgan fingerprint density at radius 3 is 2.63 bits per heavy atom. The molecule has 30 heavy (non-hydrogen) atoms. The van der Waals surface area contributed by atoms with Crippen LogP contribution in [0.2, 0.25) is 0 Å². The van der Waals surface area contributed by atoms with E-state index >= 15 is 0 Å². The summed E-state index contributed by atoms with van der Waals surface area (Å²) >= 11 is 3.16. The molecule has 1 aromatic carbocycles. The Morgan fingerprint density at radius 1 is 1.10 bits per heavy atom. The number of rotatable bonds is 5. The third-order valence-corrected chi connectivity index (χ3v) is 7.41. The molecule has 5 nitrogen and oxygen atoms in total. The standard InChI is InChI=1S/C23H24N4OS2/c1-15(24-16-7-9-17(10-8-16)27-11-3-2-4-12-27)21-25-22(28)20-18(14-30-23(20)26-21)19-6-5-13-29-19/h5-10,13-15,24H,2-4,11-12H2,1H3,(H,25,26,28)/t15-/m1/s1. The normalized spacial score (nSPS) is 15.4. The zero-order chi connectivity index (χ0) is 20.5. The van der Waals surface area contributed by atoms with Gasteiger partial charge in [0.25, 0.3) is 5.56 Å². The molecule has 5 rings (SSSR count). The number of anilines is 2. The SMILES string of the molecule is C[C@@H](Nc1ccc(N2CCCCC2)cc1)c1nc2scc(-c3cccs3)c2c(=O)[nH]1. The van der Waals surface area contributed by atoms with E-state index in [1.54, 1.807) is 11.3 Å². The molecular formula is C23H24N4OS2. The predicted octanol–water partition coefficient (Wildman–Crippen LogP) is 5.88. The second kappa shape index (κ2) is 8.24. The minimum Gasteiger partial charge on any atom is -0.375 e. The fourth-order valence-electron chi connectivity index (χ4n) is 4.02. The van der Waals surface area contributed by atoms with Gasteiger partial charge in [0.15, 0.2) is 0 Å². The van der Waals surface area contributed by atoms with Crippen LogP contribution in [0.15, 0.2) is 52.0 Å². The number of nitrogens with one attached hydrogen (secondary N) is 2. The maximum absolute atomic E-state index is 12.8. The molecule has 2 N–H and O–H groups in total. The molecule has 1 saturated heterocycles. The van der Waals surface area contributed by atoms with Crippen LogP contribution in [0.4, 0.5) is 11.4 Å². The molecule has 0 aliphatic carbocycles. The Bertz CT molecular complexity index is 1190. The van der Waals surface area contributed by atoms with E-state index in [0.29, 0.717) is 11.2 Å². The minimum atomic E-state index is -0.102. The van der Waals surface area contributed by atoms with Crippen LogP contribution >= 0.6 is 22.7 Å². The van der Waals surface area contributed by atoms with Crippen molar-refractivity contribution in [2.45, 2.75) is 32.2 Å². The number of benzene rings is 1. The van der Waals surface area contributed by atoms with Crippen LogP contribution in [0.3, 0.4) is 0 Å². The molecule has 4 aromatic rings. The summed E-state index contributed by atoms with van der Waals surface area (Å²) in [6.07, 6.45) is 3.88.